The number of benzene rings is 1. The highest BCUT2D eigenvalue weighted by molar-refractivity contribution is 5.27. The molecule has 2 nitrogen and oxygen atoms in total. The average Bonchev–Trinajstić information content (AvgIpc) is 2.96. The van der Waals surface area contributed by atoms with Gasteiger partial charge in [0.05, 0.1) is 6.26 Å². The molecular formula is C18H24FNO. The van der Waals surface area contributed by atoms with Gasteiger partial charge in [0, 0.05) is 17.9 Å². The van der Waals surface area contributed by atoms with Crippen LogP contribution in [0.5, 0.6) is 0 Å². The van der Waals surface area contributed by atoms with Crippen molar-refractivity contribution >= 4 is 0 Å². The summed E-state index contributed by atoms with van der Waals surface area (Å²) in [4.78, 5) is 0. The zero-order valence-electron chi connectivity index (χ0n) is 13.0. The molecule has 0 saturated heterocycles. The number of furan rings is 1. The van der Waals surface area contributed by atoms with E-state index in [1.807, 2.05) is 24.3 Å². The molecule has 0 fully saturated rings. The number of rotatable bonds is 7. The highest BCUT2D eigenvalue weighted by Crippen LogP contribution is 2.29. The summed E-state index contributed by atoms with van der Waals surface area (Å²) in [5.74, 6) is 0.775. The van der Waals surface area contributed by atoms with Crippen LogP contribution in [0.15, 0.2) is 47.1 Å². The second-order valence-corrected chi connectivity index (χ2v) is 6.02. The molecule has 0 aliphatic rings. The van der Waals surface area contributed by atoms with Gasteiger partial charge in [0.15, 0.2) is 0 Å². The van der Waals surface area contributed by atoms with Crippen LogP contribution in [0.4, 0.5) is 4.39 Å². The molecule has 1 aromatic carbocycles. The van der Waals surface area contributed by atoms with Gasteiger partial charge < -0.3 is 9.73 Å². The first-order chi connectivity index (χ1) is 10.0. The Morgan fingerprint density at radius 3 is 2.48 bits per heavy atom. The first-order valence-electron chi connectivity index (χ1n) is 7.56. The number of halogens is 1. The van der Waals surface area contributed by atoms with Crippen molar-refractivity contribution in [3.63, 3.8) is 0 Å². The summed E-state index contributed by atoms with van der Waals surface area (Å²) in [5, 5.41) is 3.61. The van der Waals surface area contributed by atoms with Crippen LogP contribution in [0.3, 0.4) is 0 Å². The fourth-order valence-corrected chi connectivity index (χ4v) is 2.61. The molecule has 0 spiro atoms. The monoisotopic (exact) mass is 289 g/mol. The van der Waals surface area contributed by atoms with Crippen LogP contribution in [-0.2, 0) is 11.8 Å². The lowest BCUT2D eigenvalue weighted by molar-refractivity contribution is 0.319. The first kappa shape index (κ1) is 15.8. The van der Waals surface area contributed by atoms with E-state index in [1.54, 1.807) is 6.26 Å². The minimum Gasteiger partial charge on any atom is -0.469 e. The van der Waals surface area contributed by atoms with Gasteiger partial charge in [0.1, 0.15) is 11.6 Å². The largest absolute Gasteiger partial charge is 0.469 e. The molecule has 2 rings (SSSR count). The standard InChI is InChI=1S/C18H24FNO/c1-4-11-20-17(13-16-6-5-12-21-16)18(2,3)14-7-9-15(19)10-8-14/h5-10,12,17,20H,4,11,13H2,1-3H3. The molecule has 1 N–H and O–H groups in total. The van der Waals surface area contributed by atoms with Gasteiger partial charge in [-0.05, 0) is 42.8 Å². The van der Waals surface area contributed by atoms with Crippen LogP contribution in [0.1, 0.15) is 38.5 Å². The Balaban J connectivity index is 2.22. The number of nitrogens with one attached hydrogen (secondary N) is 1. The van der Waals surface area contributed by atoms with E-state index < -0.39 is 0 Å². The first-order valence-corrected chi connectivity index (χ1v) is 7.56. The van der Waals surface area contributed by atoms with E-state index in [2.05, 4.69) is 26.1 Å². The van der Waals surface area contributed by atoms with Crippen molar-refractivity contribution < 1.29 is 8.81 Å². The number of hydrogen-bond donors (Lipinski definition) is 1. The van der Waals surface area contributed by atoms with E-state index in [9.17, 15) is 4.39 Å². The van der Waals surface area contributed by atoms with E-state index >= 15 is 0 Å². The predicted octanol–water partition coefficient (Wildman–Crippen LogP) is 4.31. The normalized spacial score (nSPS) is 13.3. The molecule has 114 valence electrons. The van der Waals surface area contributed by atoms with E-state index in [4.69, 9.17) is 4.42 Å². The summed E-state index contributed by atoms with van der Waals surface area (Å²) in [6.45, 7) is 7.49. The van der Waals surface area contributed by atoms with Gasteiger partial charge in [0.25, 0.3) is 0 Å². The molecule has 0 aliphatic carbocycles. The lowest BCUT2D eigenvalue weighted by atomic mass is 9.76. The predicted molar refractivity (Wildman–Crippen MR) is 83.9 cm³/mol. The van der Waals surface area contributed by atoms with Gasteiger partial charge in [-0.2, -0.15) is 0 Å². The van der Waals surface area contributed by atoms with Crippen molar-refractivity contribution in [2.45, 2.75) is 45.1 Å². The average molecular weight is 289 g/mol. The minimum atomic E-state index is -0.196. The smallest absolute Gasteiger partial charge is 0.123 e. The molecule has 0 aliphatic heterocycles. The summed E-state index contributed by atoms with van der Waals surface area (Å²) >= 11 is 0. The Kier molecular flexibility index (Phi) is 5.18. The van der Waals surface area contributed by atoms with Gasteiger partial charge in [-0.25, -0.2) is 4.39 Å². The van der Waals surface area contributed by atoms with Crippen molar-refractivity contribution in [2.75, 3.05) is 6.54 Å². The summed E-state index contributed by atoms with van der Waals surface area (Å²) < 4.78 is 18.6. The van der Waals surface area contributed by atoms with E-state index in [1.165, 1.54) is 12.1 Å². The zero-order chi connectivity index (χ0) is 15.3. The molecule has 2 aromatic rings. The summed E-state index contributed by atoms with van der Waals surface area (Å²) in [6, 6.07) is 10.9. The van der Waals surface area contributed by atoms with Crippen molar-refractivity contribution in [1.82, 2.24) is 5.32 Å². The highest BCUT2D eigenvalue weighted by atomic mass is 19.1. The Morgan fingerprint density at radius 1 is 1.19 bits per heavy atom. The molecule has 1 unspecified atom stereocenters. The maximum atomic E-state index is 13.2. The molecule has 0 radical (unpaired) electrons. The van der Waals surface area contributed by atoms with Crippen molar-refractivity contribution in [2.24, 2.45) is 0 Å². The van der Waals surface area contributed by atoms with Gasteiger partial charge in [0.2, 0.25) is 0 Å². The van der Waals surface area contributed by atoms with Crippen LogP contribution >= 0.6 is 0 Å². The van der Waals surface area contributed by atoms with Crippen LogP contribution in [0.25, 0.3) is 0 Å². The van der Waals surface area contributed by atoms with E-state index in [0.29, 0.717) is 0 Å². The lowest BCUT2D eigenvalue weighted by Gasteiger charge is -2.35. The molecule has 1 heterocycles. The second kappa shape index (κ2) is 6.90. The van der Waals surface area contributed by atoms with Gasteiger partial charge in [-0.1, -0.05) is 32.9 Å². The molecule has 0 amide bonds. The van der Waals surface area contributed by atoms with Crippen molar-refractivity contribution in [3.8, 4) is 0 Å². The fourth-order valence-electron chi connectivity index (χ4n) is 2.61. The van der Waals surface area contributed by atoms with Gasteiger partial charge >= 0.3 is 0 Å². The maximum absolute atomic E-state index is 13.2. The van der Waals surface area contributed by atoms with E-state index in [-0.39, 0.29) is 17.3 Å². The zero-order valence-corrected chi connectivity index (χ0v) is 13.0. The Bertz CT molecular complexity index is 531. The molecule has 21 heavy (non-hydrogen) atoms. The molecule has 0 bridgehead atoms. The number of hydrogen-bond acceptors (Lipinski definition) is 2. The lowest BCUT2D eigenvalue weighted by Crippen LogP contribution is -2.46. The molecule has 1 aromatic heterocycles. The van der Waals surface area contributed by atoms with E-state index in [0.717, 1.165) is 30.7 Å². The van der Waals surface area contributed by atoms with Crippen molar-refractivity contribution in [1.29, 1.82) is 0 Å². The van der Waals surface area contributed by atoms with Crippen LogP contribution in [0, 0.1) is 5.82 Å². The molecule has 1 atom stereocenters. The van der Waals surface area contributed by atoms with Crippen LogP contribution in [0.2, 0.25) is 0 Å². The Hall–Kier alpha value is -1.61. The topological polar surface area (TPSA) is 25.2 Å². The summed E-state index contributed by atoms with van der Waals surface area (Å²) in [7, 11) is 0. The van der Waals surface area contributed by atoms with Gasteiger partial charge in [-0.15, -0.1) is 0 Å². The third-order valence-corrected chi connectivity index (χ3v) is 4.09. The molecule has 0 saturated carbocycles. The Labute approximate surface area is 126 Å². The van der Waals surface area contributed by atoms with Crippen LogP contribution in [-0.4, -0.2) is 12.6 Å². The van der Waals surface area contributed by atoms with Crippen LogP contribution < -0.4 is 5.32 Å². The molecule has 3 heteroatoms. The fraction of sp³-hybridized carbons (Fsp3) is 0.444. The SMILES string of the molecule is CCCNC(Cc1ccco1)C(C)(C)c1ccc(F)cc1. The minimum absolute atomic E-state index is 0.115. The third-order valence-electron chi connectivity index (χ3n) is 4.09. The highest BCUT2D eigenvalue weighted by Gasteiger charge is 2.31. The maximum Gasteiger partial charge on any atom is 0.123 e. The quantitative estimate of drug-likeness (QED) is 0.821. The molecular weight excluding hydrogens is 265 g/mol. The van der Waals surface area contributed by atoms with Crippen molar-refractivity contribution in [3.05, 3.63) is 59.8 Å². The summed E-state index contributed by atoms with van der Waals surface area (Å²) in [5.41, 5.74) is 1.01. The summed E-state index contributed by atoms with van der Waals surface area (Å²) in [6.07, 6.45) is 3.60. The third kappa shape index (κ3) is 3.94. The Morgan fingerprint density at radius 2 is 1.90 bits per heavy atom. The second-order valence-electron chi connectivity index (χ2n) is 6.02. The van der Waals surface area contributed by atoms with Gasteiger partial charge in [-0.3, -0.25) is 0 Å².